The van der Waals surface area contributed by atoms with Gasteiger partial charge in [-0.15, -0.1) is 12.3 Å². The molecular weight excluding hydrogens is 206 g/mol. The summed E-state index contributed by atoms with van der Waals surface area (Å²) in [6, 6.07) is 6.25. The van der Waals surface area contributed by atoms with Crippen molar-refractivity contribution in [1.82, 2.24) is 5.32 Å². The zero-order chi connectivity index (χ0) is 11.3. The lowest BCUT2D eigenvalue weighted by Gasteiger charge is -2.18. The fraction of sp³-hybridized carbons (Fsp3) is 0.385. The summed E-state index contributed by atoms with van der Waals surface area (Å²) >= 11 is 5.98. The number of nitrogens with one attached hydrogen (secondary N) is 1. The van der Waals surface area contributed by atoms with E-state index in [0.29, 0.717) is 6.04 Å². The molecule has 0 fully saturated rings. The Morgan fingerprint density at radius 1 is 1.53 bits per heavy atom. The van der Waals surface area contributed by atoms with Crippen molar-refractivity contribution in [2.75, 3.05) is 7.05 Å². The Kier molecular flexibility index (Phi) is 4.68. The van der Waals surface area contributed by atoms with Crippen molar-refractivity contribution in [3.63, 3.8) is 0 Å². The summed E-state index contributed by atoms with van der Waals surface area (Å²) in [6.45, 7) is 2.09. The van der Waals surface area contributed by atoms with Crippen LogP contribution in [0.15, 0.2) is 18.2 Å². The average Bonchev–Trinajstić information content (AvgIpc) is 2.24. The Morgan fingerprint density at radius 3 is 2.87 bits per heavy atom. The molecule has 1 atom stereocenters. The maximum Gasteiger partial charge on any atom is 0.0409 e. The maximum atomic E-state index is 5.98. The Labute approximate surface area is 96.8 Å². The van der Waals surface area contributed by atoms with Crippen LogP contribution in [-0.4, -0.2) is 7.05 Å². The van der Waals surface area contributed by atoms with Crippen molar-refractivity contribution >= 4 is 11.6 Å². The summed E-state index contributed by atoms with van der Waals surface area (Å²) in [5.41, 5.74) is 2.48. The molecule has 0 aliphatic rings. The largest absolute Gasteiger partial charge is 0.313 e. The minimum atomic E-state index is 0.291. The van der Waals surface area contributed by atoms with Crippen LogP contribution < -0.4 is 5.32 Å². The molecular formula is C13H16ClN. The second-order valence-electron chi connectivity index (χ2n) is 3.58. The van der Waals surface area contributed by atoms with Gasteiger partial charge >= 0.3 is 0 Å². The van der Waals surface area contributed by atoms with Crippen LogP contribution >= 0.6 is 11.6 Å². The zero-order valence-corrected chi connectivity index (χ0v) is 9.93. The van der Waals surface area contributed by atoms with E-state index in [4.69, 9.17) is 18.0 Å². The van der Waals surface area contributed by atoms with Crippen LogP contribution in [0.2, 0.25) is 5.02 Å². The first-order valence-corrected chi connectivity index (χ1v) is 5.43. The van der Waals surface area contributed by atoms with E-state index in [-0.39, 0.29) is 0 Å². The van der Waals surface area contributed by atoms with Gasteiger partial charge in [0.1, 0.15) is 0 Å². The highest BCUT2D eigenvalue weighted by Crippen LogP contribution is 2.24. The first-order chi connectivity index (χ1) is 7.19. The molecule has 1 unspecified atom stereocenters. The van der Waals surface area contributed by atoms with Gasteiger partial charge in [0.25, 0.3) is 0 Å². The normalized spacial score (nSPS) is 12.1. The summed E-state index contributed by atoms with van der Waals surface area (Å²) < 4.78 is 0. The van der Waals surface area contributed by atoms with Gasteiger partial charge in [0.15, 0.2) is 0 Å². The van der Waals surface area contributed by atoms with E-state index in [1.165, 1.54) is 11.1 Å². The van der Waals surface area contributed by atoms with E-state index in [1.54, 1.807) is 0 Å². The first-order valence-electron chi connectivity index (χ1n) is 5.05. The van der Waals surface area contributed by atoms with Gasteiger partial charge < -0.3 is 5.32 Å². The second kappa shape index (κ2) is 5.80. The molecule has 1 N–H and O–H groups in total. The molecule has 0 radical (unpaired) electrons. The van der Waals surface area contributed by atoms with E-state index >= 15 is 0 Å². The van der Waals surface area contributed by atoms with Crippen LogP contribution in [0.25, 0.3) is 0 Å². The van der Waals surface area contributed by atoms with E-state index in [2.05, 4.69) is 18.2 Å². The average molecular weight is 222 g/mol. The quantitative estimate of drug-likeness (QED) is 0.770. The van der Waals surface area contributed by atoms with Gasteiger partial charge in [0.2, 0.25) is 0 Å². The molecule has 1 aromatic carbocycles. The lowest BCUT2D eigenvalue weighted by Crippen LogP contribution is -2.17. The maximum absolute atomic E-state index is 5.98. The summed E-state index contributed by atoms with van der Waals surface area (Å²) in [5, 5.41) is 4.04. The monoisotopic (exact) mass is 221 g/mol. The molecule has 1 aromatic rings. The third kappa shape index (κ3) is 3.27. The number of hydrogen-bond donors (Lipinski definition) is 1. The van der Waals surface area contributed by atoms with Gasteiger partial charge in [-0.05, 0) is 43.7 Å². The molecule has 0 saturated heterocycles. The van der Waals surface area contributed by atoms with Gasteiger partial charge in [-0.25, -0.2) is 0 Å². The van der Waals surface area contributed by atoms with Crippen LogP contribution in [0.5, 0.6) is 0 Å². The van der Waals surface area contributed by atoms with Gasteiger partial charge in [-0.1, -0.05) is 17.7 Å². The molecule has 15 heavy (non-hydrogen) atoms. The molecule has 0 bridgehead atoms. The van der Waals surface area contributed by atoms with E-state index in [1.807, 2.05) is 25.2 Å². The van der Waals surface area contributed by atoms with Crippen LogP contribution in [0.4, 0.5) is 0 Å². The summed E-state index contributed by atoms with van der Waals surface area (Å²) in [5.74, 6) is 2.66. The first kappa shape index (κ1) is 12.1. The third-order valence-electron chi connectivity index (χ3n) is 2.54. The van der Waals surface area contributed by atoms with Gasteiger partial charge in [0, 0.05) is 17.5 Å². The lowest BCUT2D eigenvalue weighted by molar-refractivity contribution is 0.556. The SMILES string of the molecule is C#CCCC(NC)c1cc(Cl)ccc1C. The summed E-state index contributed by atoms with van der Waals surface area (Å²) in [6.07, 6.45) is 6.99. The van der Waals surface area contributed by atoms with Crippen molar-refractivity contribution in [2.24, 2.45) is 0 Å². The Hall–Kier alpha value is -0.970. The van der Waals surface area contributed by atoms with Gasteiger partial charge in [-0.3, -0.25) is 0 Å². The lowest BCUT2D eigenvalue weighted by atomic mass is 9.98. The van der Waals surface area contributed by atoms with Gasteiger partial charge in [-0.2, -0.15) is 0 Å². The van der Waals surface area contributed by atoms with E-state index < -0.39 is 0 Å². The molecule has 80 valence electrons. The summed E-state index contributed by atoms with van der Waals surface area (Å²) in [4.78, 5) is 0. The molecule has 1 nitrogen and oxygen atoms in total. The molecule has 0 amide bonds. The molecule has 0 spiro atoms. The molecule has 1 rings (SSSR count). The number of benzene rings is 1. The predicted molar refractivity (Wildman–Crippen MR) is 66.1 cm³/mol. The van der Waals surface area contributed by atoms with Crippen molar-refractivity contribution in [2.45, 2.75) is 25.8 Å². The number of aryl methyl sites for hydroxylation is 1. The van der Waals surface area contributed by atoms with Gasteiger partial charge in [0.05, 0.1) is 0 Å². The molecule has 0 saturated carbocycles. The predicted octanol–water partition coefficient (Wildman–Crippen LogP) is 3.32. The number of halogens is 1. The Balaban J connectivity index is 2.91. The number of terminal acetylenes is 1. The topological polar surface area (TPSA) is 12.0 Å². The standard InChI is InChI=1S/C13H16ClN/c1-4-5-6-13(15-3)12-9-11(14)8-7-10(12)2/h1,7-9,13,15H,5-6H2,2-3H3. The second-order valence-corrected chi connectivity index (χ2v) is 4.02. The third-order valence-corrected chi connectivity index (χ3v) is 2.78. The molecule has 0 aromatic heterocycles. The summed E-state index contributed by atoms with van der Waals surface area (Å²) in [7, 11) is 1.95. The highest BCUT2D eigenvalue weighted by Gasteiger charge is 2.11. The highest BCUT2D eigenvalue weighted by molar-refractivity contribution is 6.30. The minimum Gasteiger partial charge on any atom is -0.313 e. The van der Waals surface area contributed by atoms with Crippen LogP contribution in [0.1, 0.15) is 30.0 Å². The van der Waals surface area contributed by atoms with Crippen LogP contribution in [0.3, 0.4) is 0 Å². The van der Waals surface area contributed by atoms with E-state index in [0.717, 1.165) is 17.9 Å². The van der Waals surface area contributed by atoms with Crippen molar-refractivity contribution in [1.29, 1.82) is 0 Å². The van der Waals surface area contributed by atoms with Crippen molar-refractivity contribution in [3.05, 3.63) is 34.3 Å². The molecule has 0 aliphatic carbocycles. The highest BCUT2D eigenvalue weighted by atomic mass is 35.5. The fourth-order valence-electron chi connectivity index (χ4n) is 1.67. The fourth-order valence-corrected chi connectivity index (χ4v) is 1.85. The molecule has 0 aliphatic heterocycles. The van der Waals surface area contributed by atoms with Crippen LogP contribution in [0, 0.1) is 19.3 Å². The Morgan fingerprint density at radius 2 is 2.27 bits per heavy atom. The van der Waals surface area contributed by atoms with Crippen LogP contribution in [-0.2, 0) is 0 Å². The number of rotatable bonds is 4. The molecule has 0 heterocycles. The Bertz CT molecular complexity index is 365. The van der Waals surface area contributed by atoms with Crippen molar-refractivity contribution in [3.8, 4) is 12.3 Å². The van der Waals surface area contributed by atoms with E-state index in [9.17, 15) is 0 Å². The van der Waals surface area contributed by atoms with Crippen molar-refractivity contribution < 1.29 is 0 Å². The minimum absolute atomic E-state index is 0.291. The smallest absolute Gasteiger partial charge is 0.0409 e. The zero-order valence-electron chi connectivity index (χ0n) is 9.18. The number of hydrogen-bond acceptors (Lipinski definition) is 1. The molecule has 2 heteroatoms.